The standard InChI is InChI=1S/2C33H42F2N2O4Si.H2O4S/c2*1-33(2,3)42(4,5)41-30(22-7-9-23(34)10-8-22)18-17-28-31(37(32(28)39)25-13-11-24(35)12-14-25)27-16-15-26(21-29(27)38)40-20-6-19-36;1-5(2,3)4/h2*7-16,21,28,30-31,38H,6,17-20,36H2,1-5H3;(H2,1,2,3,4). The van der Waals surface area contributed by atoms with Gasteiger partial charge in [-0.25, -0.2) is 17.6 Å². The van der Waals surface area contributed by atoms with E-state index in [4.69, 9.17) is 47.3 Å². The number of benzene rings is 6. The molecule has 0 aromatic heterocycles. The predicted octanol–water partition coefficient (Wildman–Crippen LogP) is 14.6. The van der Waals surface area contributed by atoms with Crippen LogP contribution in [0.25, 0.3) is 0 Å². The fourth-order valence-electron chi connectivity index (χ4n) is 10.1. The first kappa shape index (κ1) is 71.4. The number of rotatable bonds is 24. The number of halogens is 4. The van der Waals surface area contributed by atoms with Gasteiger partial charge in [-0.05, 0) is 196 Å². The largest absolute Gasteiger partial charge is 0.507 e. The molecule has 8 rings (SSSR count). The van der Waals surface area contributed by atoms with Crippen LogP contribution in [0.15, 0.2) is 133 Å². The summed E-state index contributed by atoms with van der Waals surface area (Å²) >= 11 is 0. The minimum Gasteiger partial charge on any atom is -0.507 e. The molecule has 2 aliphatic heterocycles. The zero-order chi connectivity index (χ0) is 65.8. The van der Waals surface area contributed by atoms with Gasteiger partial charge in [0.2, 0.25) is 11.8 Å². The van der Waals surface area contributed by atoms with Crippen molar-refractivity contribution in [1.82, 2.24) is 0 Å². The van der Waals surface area contributed by atoms with Gasteiger partial charge in [0.1, 0.15) is 46.3 Å². The normalized spacial score (nSPS) is 17.7. The van der Waals surface area contributed by atoms with Crippen molar-refractivity contribution in [3.63, 3.8) is 0 Å². The van der Waals surface area contributed by atoms with Crippen LogP contribution < -0.4 is 30.7 Å². The van der Waals surface area contributed by atoms with Crippen molar-refractivity contribution in [2.75, 3.05) is 36.1 Å². The Morgan fingerprint density at radius 2 is 0.809 bits per heavy atom. The zero-order valence-corrected chi connectivity index (χ0v) is 55.1. The minimum atomic E-state index is -4.67. The molecule has 0 spiro atoms. The van der Waals surface area contributed by atoms with Gasteiger partial charge in [-0.2, -0.15) is 8.42 Å². The highest BCUT2D eigenvalue weighted by atomic mass is 32.3. The summed E-state index contributed by atoms with van der Waals surface area (Å²) in [6.07, 6.45) is 2.74. The molecule has 0 bridgehead atoms. The fourth-order valence-corrected chi connectivity index (χ4v) is 12.7. The predicted molar refractivity (Wildman–Crippen MR) is 342 cm³/mol. The van der Waals surface area contributed by atoms with E-state index in [2.05, 4.69) is 67.7 Å². The Morgan fingerprint density at radius 3 is 1.08 bits per heavy atom. The van der Waals surface area contributed by atoms with Crippen LogP contribution in [-0.4, -0.2) is 82.5 Å². The molecule has 0 aliphatic carbocycles. The molecule has 6 aromatic rings. The average molecular weight is 1290 g/mol. The topological polar surface area (TPSA) is 245 Å². The molecule has 2 amide bonds. The van der Waals surface area contributed by atoms with Crippen LogP contribution in [0.5, 0.6) is 23.0 Å². The number of nitrogens with zero attached hydrogens (tertiary/aromatic N) is 2. The summed E-state index contributed by atoms with van der Waals surface area (Å²) in [5, 5.41) is 22.0. The highest BCUT2D eigenvalue weighted by Crippen LogP contribution is 2.52. The number of β-lactam (4-membered cyclic amide) rings is 2. The number of amides is 2. The minimum absolute atomic E-state index is 0.0162. The molecule has 0 radical (unpaired) electrons. The maximum Gasteiger partial charge on any atom is 0.394 e. The Morgan fingerprint density at radius 1 is 0.517 bits per heavy atom. The summed E-state index contributed by atoms with van der Waals surface area (Å²) < 4.78 is 112. The smallest absolute Gasteiger partial charge is 0.394 e. The molecule has 484 valence electrons. The van der Waals surface area contributed by atoms with E-state index in [1.54, 1.807) is 94.7 Å². The van der Waals surface area contributed by atoms with E-state index in [9.17, 15) is 37.4 Å². The van der Waals surface area contributed by atoms with Crippen molar-refractivity contribution >= 4 is 50.2 Å². The molecule has 0 saturated carbocycles. The van der Waals surface area contributed by atoms with Crippen LogP contribution in [0.1, 0.15) is 127 Å². The number of nitrogens with two attached hydrogens (primary N) is 2. The SMILES string of the molecule is CC(C)(C)[Si](C)(C)OC(CCC1C(=O)N(c2ccc(F)cc2)C1c1ccc(OCCCN)cc1O)c1ccc(F)cc1.CC(C)(C)[Si](C)(C)OC(CCC1C(=O)N(c2ccc(F)cc2)C1c1ccc(OCCCN)cc1O)c1ccc(F)cc1.O=S(=O)(O)O. The molecule has 89 heavy (non-hydrogen) atoms. The Bertz CT molecular complexity index is 3190. The van der Waals surface area contributed by atoms with Crippen molar-refractivity contribution in [3.05, 3.63) is 179 Å². The summed E-state index contributed by atoms with van der Waals surface area (Å²) in [5.74, 6) is -1.49. The van der Waals surface area contributed by atoms with Crippen LogP contribution >= 0.6 is 0 Å². The zero-order valence-electron chi connectivity index (χ0n) is 52.3. The molecule has 2 aliphatic rings. The second-order valence-electron chi connectivity index (χ2n) is 25.3. The summed E-state index contributed by atoms with van der Waals surface area (Å²) in [6, 6.07) is 33.5. The Labute approximate surface area is 523 Å². The molecular formula is C66H86F4N4O12SSi2. The molecule has 6 aromatic carbocycles. The first-order valence-electron chi connectivity index (χ1n) is 29.7. The van der Waals surface area contributed by atoms with Crippen molar-refractivity contribution < 1.29 is 73.2 Å². The van der Waals surface area contributed by atoms with Crippen LogP contribution in [0.2, 0.25) is 36.3 Å². The molecule has 6 atom stereocenters. The number of hydrogen-bond donors (Lipinski definition) is 6. The number of hydrogen-bond acceptors (Lipinski definition) is 12. The molecule has 2 fully saturated rings. The van der Waals surface area contributed by atoms with Crippen LogP contribution in [-0.2, 0) is 28.8 Å². The van der Waals surface area contributed by atoms with E-state index in [0.717, 1.165) is 11.1 Å². The van der Waals surface area contributed by atoms with Gasteiger partial charge >= 0.3 is 10.4 Å². The second kappa shape index (κ2) is 30.4. The molecule has 23 heteroatoms. The summed E-state index contributed by atoms with van der Waals surface area (Å²) in [7, 11) is -9.09. The molecular weight excluding hydrogens is 1200 g/mol. The highest BCUT2D eigenvalue weighted by molar-refractivity contribution is 7.79. The number of phenols is 2. The van der Waals surface area contributed by atoms with E-state index in [1.807, 2.05) is 0 Å². The molecule has 2 saturated heterocycles. The van der Waals surface area contributed by atoms with Crippen molar-refractivity contribution in [2.45, 2.75) is 141 Å². The van der Waals surface area contributed by atoms with Crippen LogP contribution in [0.4, 0.5) is 28.9 Å². The van der Waals surface area contributed by atoms with Crippen molar-refractivity contribution in [2.24, 2.45) is 23.3 Å². The van der Waals surface area contributed by atoms with Gasteiger partial charge in [0, 0.05) is 34.6 Å². The first-order chi connectivity index (χ1) is 41.6. The number of aromatic hydroxyl groups is 2. The number of anilines is 2. The van der Waals surface area contributed by atoms with Crippen molar-refractivity contribution in [3.8, 4) is 23.0 Å². The lowest BCUT2D eigenvalue weighted by molar-refractivity contribution is -0.131. The lowest BCUT2D eigenvalue weighted by Crippen LogP contribution is -2.55. The average Bonchev–Trinajstić information content (AvgIpc) is 0.757. The van der Waals surface area contributed by atoms with Gasteiger partial charge in [0.05, 0.1) is 49.3 Å². The van der Waals surface area contributed by atoms with Gasteiger partial charge in [0.15, 0.2) is 16.6 Å². The van der Waals surface area contributed by atoms with E-state index < -0.39 is 62.6 Å². The van der Waals surface area contributed by atoms with E-state index in [-0.39, 0.29) is 57.2 Å². The lowest BCUT2D eigenvalue weighted by atomic mass is 9.78. The summed E-state index contributed by atoms with van der Waals surface area (Å²) in [4.78, 5) is 30.5. The van der Waals surface area contributed by atoms with Gasteiger partial charge in [-0.1, -0.05) is 65.8 Å². The maximum atomic E-state index is 13.8. The van der Waals surface area contributed by atoms with Gasteiger partial charge < -0.3 is 49.8 Å². The monoisotopic (exact) mass is 1290 g/mol. The number of ether oxygens (including phenoxy) is 2. The maximum absolute atomic E-state index is 13.8. The molecule has 8 N–H and O–H groups in total. The van der Waals surface area contributed by atoms with Crippen LogP contribution in [0.3, 0.4) is 0 Å². The second-order valence-corrected chi connectivity index (χ2v) is 35.7. The quantitative estimate of drug-likeness (QED) is 0.0109. The molecule has 16 nitrogen and oxygen atoms in total. The number of carbonyl (C=O) groups excluding carboxylic acids is 2. The van der Waals surface area contributed by atoms with E-state index >= 15 is 0 Å². The first-order valence-corrected chi connectivity index (χ1v) is 36.9. The van der Waals surface area contributed by atoms with Gasteiger partial charge in [-0.3, -0.25) is 18.7 Å². The van der Waals surface area contributed by atoms with E-state index in [0.29, 0.717) is 98.8 Å². The third kappa shape index (κ3) is 19.2. The van der Waals surface area contributed by atoms with Crippen LogP contribution in [0, 0.1) is 35.1 Å². The number of phenolic OH excluding ortho intramolecular Hbond substituents is 2. The molecule has 6 unspecified atom stereocenters. The lowest BCUT2D eigenvalue weighted by Gasteiger charge is -2.48. The third-order valence-electron chi connectivity index (χ3n) is 17.0. The highest BCUT2D eigenvalue weighted by Gasteiger charge is 2.52. The van der Waals surface area contributed by atoms with Gasteiger partial charge in [-0.15, -0.1) is 0 Å². The van der Waals surface area contributed by atoms with E-state index in [1.165, 1.54) is 48.5 Å². The summed E-state index contributed by atoms with van der Waals surface area (Å²) in [6.45, 7) is 23.6. The number of carbonyl (C=O) groups is 2. The van der Waals surface area contributed by atoms with Gasteiger partial charge in [0.25, 0.3) is 0 Å². The Hall–Kier alpha value is -6.68. The fraction of sp³-hybridized carbons (Fsp3) is 0.424. The van der Waals surface area contributed by atoms with Crippen molar-refractivity contribution in [1.29, 1.82) is 0 Å². The molecule has 2 heterocycles. The Kier molecular flexibility index (Phi) is 24.4. The Balaban J connectivity index is 0.000000264. The summed E-state index contributed by atoms with van der Waals surface area (Å²) in [5.41, 5.74) is 15.1. The third-order valence-corrected chi connectivity index (χ3v) is 25.9.